The molecular weight excluding hydrogens is 391 g/mol. The number of carbonyl (C=O) groups excluding carboxylic acids is 2. The molecule has 0 atom stereocenters. The highest BCUT2D eigenvalue weighted by Crippen LogP contribution is 2.28. The van der Waals surface area contributed by atoms with E-state index in [9.17, 15) is 14.0 Å². The number of benzene rings is 2. The van der Waals surface area contributed by atoms with E-state index in [1.807, 2.05) is 6.07 Å². The van der Waals surface area contributed by atoms with E-state index in [1.165, 1.54) is 6.07 Å². The van der Waals surface area contributed by atoms with E-state index < -0.39 is 17.4 Å². The molecule has 0 aliphatic rings. The molecule has 0 aliphatic carbocycles. The predicted molar refractivity (Wildman–Crippen MR) is 110 cm³/mol. The number of esters is 1. The first-order chi connectivity index (χ1) is 14.1. The van der Waals surface area contributed by atoms with Gasteiger partial charge in [0.15, 0.2) is 23.9 Å². The quantitative estimate of drug-likeness (QED) is 0.445. The molecule has 6 nitrogen and oxygen atoms in total. The Balaban J connectivity index is 2.01. The van der Waals surface area contributed by atoms with Crippen LogP contribution < -0.4 is 14.2 Å². The zero-order valence-electron chi connectivity index (χ0n) is 17.9. The van der Waals surface area contributed by atoms with Gasteiger partial charge in [0.1, 0.15) is 17.2 Å². The number of hydrogen-bond acceptors (Lipinski definition) is 6. The summed E-state index contributed by atoms with van der Waals surface area (Å²) in [6, 6.07) is 9.10. The minimum Gasteiger partial charge on any atom is -0.493 e. The minimum absolute atomic E-state index is 0.0929. The van der Waals surface area contributed by atoms with Crippen LogP contribution in [0.25, 0.3) is 0 Å². The molecule has 0 fully saturated rings. The van der Waals surface area contributed by atoms with Crippen molar-refractivity contribution in [3.05, 3.63) is 53.3 Å². The largest absolute Gasteiger partial charge is 0.493 e. The van der Waals surface area contributed by atoms with Crippen molar-refractivity contribution in [2.24, 2.45) is 0 Å². The van der Waals surface area contributed by atoms with Crippen molar-refractivity contribution in [2.75, 3.05) is 20.8 Å². The summed E-state index contributed by atoms with van der Waals surface area (Å²) in [5.74, 6) is -0.170. The summed E-state index contributed by atoms with van der Waals surface area (Å²) in [4.78, 5) is 24.3. The molecule has 0 N–H and O–H groups in total. The summed E-state index contributed by atoms with van der Waals surface area (Å²) in [6.45, 7) is 4.84. The number of Topliss-reactive ketones (excluding diaryl/α,β-unsaturated/α-hetero) is 1. The van der Waals surface area contributed by atoms with Gasteiger partial charge in [-0.25, -0.2) is 9.18 Å². The Kier molecular flexibility index (Phi) is 7.80. The van der Waals surface area contributed by atoms with Gasteiger partial charge >= 0.3 is 5.97 Å². The smallest absolute Gasteiger partial charge is 0.344 e. The van der Waals surface area contributed by atoms with E-state index in [0.717, 1.165) is 17.7 Å². The van der Waals surface area contributed by atoms with Gasteiger partial charge in [0.2, 0.25) is 0 Å². The van der Waals surface area contributed by atoms with E-state index in [0.29, 0.717) is 17.9 Å². The number of carbonyl (C=O) groups is 2. The Morgan fingerprint density at radius 1 is 0.967 bits per heavy atom. The van der Waals surface area contributed by atoms with Crippen molar-refractivity contribution in [3.8, 4) is 17.2 Å². The molecule has 0 bridgehead atoms. The SMILES string of the molecule is COc1ccc(CCC(=O)c2cc(F)cc(OCC(=O)OC(C)(C)C)c2)cc1OC. The summed E-state index contributed by atoms with van der Waals surface area (Å²) >= 11 is 0. The third kappa shape index (κ3) is 7.06. The second-order valence-electron chi connectivity index (χ2n) is 7.66. The zero-order chi connectivity index (χ0) is 22.3. The molecular formula is C23H27FO6. The average Bonchev–Trinajstić information content (AvgIpc) is 2.68. The fourth-order valence-corrected chi connectivity index (χ4v) is 2.76. The number of hydrogen-bond donors (Lipinski definition) is 0. The van der Waals surface area contributed by atoms with Gasteiger partial charge in [-0.1, -0.05) is 6.07 Å². The van der Waals surface area contributed by atoms with Crippen molar-refractivity contribution >= 4 is 11.8 Å². The lowest BCUT2D eigenvalue weighted by atomic mass is 10.0. The Morgan fingerprint density at radius 2 is 1.67 bits per heavy atom. The van der Waals surface area contributed by atoms with Crippen LogP contribution >= 0.6 is 0 Å². The fraction of sp³-hybridized carbons (Fsp3) is 0.391. The van der Waals surface area contributed by atoms with Crippen molar-refractivity contribution < 1.29 is 32.9 Å². The Labute approximate surface area is 175 Å². The van der Waals surface area contributed by atoms with Crippen LogP contribution in [-0.2, 0) is 16.0 Å². The summed E-state index contributed by atoms with van der Waals surface area (Å²) in [5, 5.41) is 0. The van der Waals surface area contributed by atoms with Crippen molar-refractivity contribution in [1.29, 1.82) is 0 Å². The molecule has 0 heterocycles. The highest BCUT2D eigenvalue weighted by molar-refractivity contribution is 5.96. The van der Waals surface area contributed by atoms with Gasteiger partial charge in [0, 0.05) is 18.1 Å². The van der Waals surface area contributed by atoms with Crippen LogP contribution in [0.3, 0.4) is 0 Å². The van der Waals surface area contributed by atoms with E-state index in [2.05, 4.69) is 0 Å². The van der Waals surface area contributed by atoms with E-state index in [-0.39, 0.29) is 30.1 Å². The molecule has 30 heavy (non-hydrogen) atoms. The van der Waals surface area contributed by atoms with Crippen molar-refractivity contribution in [1.82, 2.24) is 0 Å². The number of ketones is 1. The fourth-order valence-electron chi connectivity index (χ4n) is 2.76. The molecule has 0 aromatic heterocycles. The van der Waals surface area contributed by atoms with Crippen LogP contribution in [0, 0.1) is 5.82 Å². The molecule has 0 unspecified atom stereocenters. The van der Waals surface area contributed by atoms with Crippen LogP contribution in [-0.4, -0.2) is 38.2 Å². The van der Waals surface area contributed by atoms with Gasteiger partial charge in [-0.15, -0.1) is 0 Å². The lowest BCUT2D eigenvalue weighted by Gasteiger charge is -2.19. The molecule has 0 amide bonds. The lowest BCUT2D eigenvalue weighted by molar-refractivity contribution is -0.157. The first-order valence-corrected chi connectivity index (χ1v) is 9.50. The van der Waals surface area contributed by atoms with Gasteiger partial charge < -0.3 is 18.9 Å². The third-order valence-corrected chi connectivity index (χ3v) is 4.06. The third-order valence-electron chi connectivity index (χ3n) is 4.06. The molecule has 0 spiro atoms. The second kappa shape index (κ2) is 10.1. The molecule has 162 valence electrons. The normalized spacial score (nSPS) is 11.0. The molecule has 0 aliphatic heterocycles. The lowest BCUT2D eigenvalue weighted by Crippen LogP contribution is -2.27. The minimum atomic E-state index is -0.645. The van der Waals surface area contributed by atoms with Gasteiger partial charge in [0.05, 0.1) is 14.2 Å². The number of methoxy groups -OCH3 is 2. The van der Waals surface area contributed by atoms with Crippen molar-refractivity contribution in [2.45, 2.75) is 39.2 Å². The highest BCUT2D eigenvalue weighted by atomic mass is 19.1. The summed E-state index contributed by atoms with van der Waals surface area (Å²) in [6.07, 6.45) is 0.619. The van der Waals surface area contributed by atoms with Gasteiger partial charge in [-0.2, -0.15) is 0 Å². The van der Waals surface area contributed by atoms with Crippen LogP contribution in [0.15, 0.2) is 36.4 Å². The van der Waals surface area contributed by atoms with Crippen LogP contribution in [0.1, 0.15) is 43.1 Å². The van der Waals surface area contributed by atoms with E-state index in [1.54, 1.807) is 47.1 Å². The van der Waals surface area contributed by atoms with Crippen LogP contribution in [0.5, 0.6) is 17.2 Å². The van der Waals surface area contributed by atoms with Crippen LogP contribution in [0.2, 0.25) is 0 Å². The van der Waals surface area contributed by atoms with Gasteiger partial charge in [-0.3, -0.25) is 4.79 Å². The zero-order valence-corrected chi connectivity index (χ0v) is 17.9. The Hall–Kier alpha value is -3.09. The summed E-state index contributed by atoms with van der Waals surface area (Å²) < 4.78 is 34.9. The number of halogens is 1. The molecule has 2 rings (SSSR count). The Morgan fingerprint density at radius 3 is 2.30 bits per heavy atom. The Bertz CT molecular complexity index is 901. The second-order valence-corrected chi connectivity index (χ2v) is 7.66. The standard InChI is InChI=1S/C23H27FO6/c1-23(2,3)30-22(26)14-29-18-12-16(11-17(24)13-18)19(25)8-6-15-7-9-20(27-4)21(10-15)28-5/h7,9-13H,6,8,14H2,1-5H3. The van der Waals surface area contributed by atoms with E-state index >= 15 is 0 Å². The molecule has 2 aromatic rings. The summed E-state index contributed by atoms with van der Waals surface area (Å²) in [7, 11) is 3.09. The van der Waals surface area contributed by atoms with Crippen LogP contribution in [0.4, 0.5) is 4.39 Å². The maximum atomic E-state index is 14.0. The molecule has 7 heteroatoms. The summed E-state index contributed by atoms with van der Waals surface area (Å²) in [5.41, 5.74) is 0.418. The highest BCUT2D eigenvalue weighted by Gasteiger charge is 2.17. The predicted octanol–water partition coefficient (Wildman–Crippen LogP) is 4.38. The molecule has 2 aromatic carbocycles. The maximum Gasteiger partial charge on any atom is 0.344 e. The molecule has 0 radical (unpaired) electrons. The monoisotopic (exact) mass is 418 g/mol. The number of rotatable bonds is 9. The first kappa shape index (κ1) is 23.2. The maximum absolute atomic E-state index is 14.0. The first-order valence-electron chi connectivity index (χ1n) is 9.50. The topological polar surface area (TPSA) is 71.1 Å². The molecule has 0 saturated heterocycles. The number of ether oxygens (including phenoxy) is 4. The van der Waals surface area contributed by atoms with Gasteiger partial charge in [-0.05, 0) is 57.0 Å². The molecule has 0 saturated carbocycles. The average molecular weight is 418 g/mol. The van der Waals surface area contributed by atoms with E-state index in [4.69, 9.17) is 18.9 Å². The van der Waals surface area contributed by atoms with Crippen molar-refractivity contribution in [3.63, 3.8) is 0 Å². The number of aryl methyl sites for hydroxylation is 1. The van der Waals surface area contributed by atoms with Gasteiger partial charge in [0.25, 0.3) is 0 Å².